The molecular weight excluding hydrogens is 180 g/mol. The van der Waals surface area contributed by atoms with Gasteiger partial charge in [-0.15, -0.1) is 0 Å². The first-order chi connectivity index (χ1) is 5.20. The lowest BCUT2D eigenvalue weighted by molar-refractivity contribution is -0.199. The van der Waals surface area contributed by atoms with Crippen molar-refractivity contribution in [1.82, 2.24) is 0 Å². The number of aliphatic hydroxyl groups excluding tert-OH is 3. The van der Waals surface area contributed by atoms with Gasteiger partial charge in [-0.25, -0.2) is 0 Å². The summed E-state index contributed by atoms with van der Waals surface area (Å²) in [6.45, 7) is -6.50. The second kappa shape index (κ2) is 13.2. The Morgan fingerprint density at radius 3 is 0.333 bits per heavy atom. The van der Waals surface area contributed by atoms with Crippen LogP contribution in [0.4, 0.5) is 0 Å². The highest BCUT2D eigenvalue weighted by molar-refractivity contribution is 3.76. The van der Waals surface area contributed by atoms with E-state index in [0.29, 0.717) is 0 Å². The fourth-order valence-corrected chi connectivity index (χ4v) is 0. The Morgan fingerprint density at radius 1 is 0.333 bits per heavy atom. The van der Waals surface area contributed by atoms with E-state index in [1.807, 2.05) is 0 Å². The van der Waals surface area contributed by atoms with Crippen LogP contribution in [0, 0.1) is 0 Å². The highest BCUT2D eigenvalue weighted by Crippen LogP contribution is 1.49. The lowest BCUT2D eigenvalue weighted by atomic mass is 11.4. The highest BCUT2D eigenvalue weighted by atomic mass is 16.7. The second-order valence-corrected chi connectivity index (χ2v) is 1.04. The van der Waals surface area contributed by atoms with Gasteiger partial charge in [0, 0.05) is 0 Å². The van der Waals surface area contributed by atoms with Gasteiger partial charge in [-0.1, -0.05) is 0 Å². The molecule has 0 unspecified atom stereocenters. The van der Waals surface area contributed by atoms with Gasteiger partial charge in [-0.3, -0.25) is 0 Å². The molecule has 0 aliphatic rings. The van der Waals surface area contributed by atoms with Gasteiger partial charge >= 0.3 is 0 Å². The van der Waals surface area contributed by atoms with Crippen molar-refractivity contribution in [3.05, 3.63) is 0 Å². The van der Waals surface area contributed by atoms with Crippen LogP contribution < -0.4 is 0 Å². The minimum Gasteiger partial charge on any atom is -0.346 e. The fraction of sp³-hybridized carbons (Fsp3) is 1.00. The summed E-state index contributed by atoms with van der Waals surface area (Å²) in [6.07, 6.45) is 0. The van der Waals surface area contributed by atoms with Gasteiger partial charge in [0.25, 0.3) is 19.4 Å². The molecule has 78 valence electrons. The zero-order valence-corrected chi connectivity index (χ0v) is 5.76. The zero-order chi connectivity index (χ0) is 10.7. The summed E-state index contributed by atoms with van der Waals surface area (Å²) < 4.78 is 0. The molecule has 0 aromatic rings. The first-order valence-corrected chi connectivity index (χ1v) is 2.32. The molecule has 0 saturated carbocycles. The van der Waals surface area contributed by atoms with Crippen molar-refractivity contribution < 1.29 is 46.0 Å². The van der Waals surface area contributed by atoms with Crippen LogP contribution in [0.3, 0.4) is 0 Å². The van der Waals surface area contributed by atoms with Gasteiger partial charge in [0.1, 0.15) is 0 Å². The Kier molecular flexibility index (Phi) is 19.5. The van der Waals surface area contributed by atoms with Crippen LogP contribution in [-0.4, -0.2) is 65.4 Å². The van der Waals surface area contributed by atoms with Crippen molar-refractivity contribution >= 4 is 0 Å². The predicted octanol–water partition coefficient (Wildman–Crippen LogP) is -5.26. The van der Waals surface area contributed by atoms with Crippen LogP contribution >= 0.6 is 0 Å². The molecule has 0 fully saturated rings. The highest BCUT2D eigenvalue weighted by Gasteiger charge is 1.73. The summed E-state index contributed by atoms with van der Waals surface area (Å²) in [7, 11) is 0. The molecule has 0 bridgehead atoms. The van der Waals surface area contributed by atoms with E-state index >= 15 is 0 Å². The average Bonchev–Trinajstić information content (AvgIpc) is 1.54. The summed E-state index contributed by atoms with van der Waals surface area (Å²) in [5.41, 5.74) is 0. The molecule has 0 radical (unpaired) electrons. The molecule has 0 rings (SSSR count). The third-order valence-corrected chi connectivity index (χ3v) is 0. The maximum absolute atomic E-state index is 7.17. The van der Waals surface area contributed by atoms with Crippen molar-refractivity contribution in [2.24, 2.45) is 0 Å². The Bertz CT molecular complexity index is 38.3. The minimum atomic E-state index is -2.17. The van der Waals surface area contributed by atoms with E-state index in [2.05, 4.69) is 0 Å². The first-order valence-electron chi connectivity index (χ1n) is 2.32. The Hall–Kier alpha value is -0.360. The molecule has 9 heteroatoms. The molecule has 0 aromatic carbocycles. The number of aliphatic hydroxyl groups is 9. The Balaban J connectivity index is -0.000000101. The second-order valence-electron chi connectivity index (χ2n) is 1.04. The monoisotopic (exact) mass is 192 g/mol. The van der Waals surface area contributed by atoms with Crippen molar-refractivity contribution in [3.8, 4) is 0 Å². The third kappa shape index (κ3) is 5550. The largest absolute Gasteiger partial charge is 0.346 e. The summed E-state index contributed by atoms with van der Waals surface area (Å²) in [6, 6.07) is 0. The molecule has 12 heavy (non-hydrogen) atoms. The summed E-state index contributed by atoms with van der Waals surface area (Å²) in [5, 5.41) is 64.5. The zero-order valence-electron chi connectivity index (χ0n) is 5.76. The minimum absolute atomic E-state index is 2.17. The van der Waals surface area contributed by atoms with Crippen LogP contribution in [0.15, 0.2) is 0 Å². The van der Waals surface area contributed by atoms with Gasteiger partial charge in [-0.05, 0) is 0 Å². The average molecular weight is 192 g/mol. The lowest BCUT2D eigenvalue weighted by Crippen LogP contribution is -1.98. The summed E-state index contributed by atoms with van der Waals surface area (Å²) in [4.78, 5) is 0. The molecule has 0 saturated heterocycles. The summed E-state index contributed by atoms with van der Waals surface area (Å²) >= 11 is 0. The maximum Gasteiger partial charge on any atom is 0.263 e. The number of hydrogen-bond acceptors (Lipinski definition) is 9. The van der Waals surface area contributed by atoms with Gasteiger partial charge < -0.3 is 46.0 Å². The van der Waals surface area contributed by atoms with E-state index in [1.54, 1.807) is 0 Å². The third-order valence-electron chi connectivity index (χ3n) is 0. The molecule has 0 aromatic heterocycles. The van der Waals surface area contributed by atoms with Crippen molar-refractivity contribution in [2.75, 3.05) is 0 Å². The van der Waals surface area contributed by atoms with Crippen LogP contribution in [0.5, 0.6) is 0 Å². The van der Waals surface area contributed by atoms with Crippen molar-refractivity contribution in [2.45, 2.75) is 19.4 Å². The van der Waals surface area contributed by atoms with Crippen molar-refractivity contribution in [1.29, 1.82) is 0 Å². The predicted molar refractivity (Wildman–Crippen MR) is 31.3 cm³/mol. The van der Waals surface area contributed by atoms with E-state index in [0.717, 1.165) is 0 Å². The van der Waals surface area contributed by atoms with E-state index in [1.165, 1.54) is 0 Å². The van der Waals surface area contributed by atoms with Gasteiger partial charge in [0.05, 0.1) is 0 Å². The van der Waals surface area contributed by atoms with E-state index in [4.69, 9.17) is 46.0 Å². The topological polar surface area (TPSA) is 182 Å². The first kappa shape index (κ1) is 17.7. The van der Waals surface area contributed by atoms with Crippen LogP contribution in [0.25, 0.3) is 0 Å². The van der Waals surface area contributed by atoms with Crippen LogP contribution in [0.1, 0.15) is 0 Å². The SMILES string of the molecule is OC(O)O.OC(O)O.OC(O)O. The molecule has 0 spiro atoms. The van der Waals surface area contributed by atoms with Crippen LogP contribution in [0.2, 0.25) is 0 Å². The fourth-order valence-electron chi connectivity index (χ4n) is 0. The maximum atomic E-state index is 7.17. The normalized spacial score (nSPS) is 9.00. The summed E-state index contributed by atoms with van der Waals surface area (Å²) in [5.74, 6) is 0. The standard InChI is InChI=1S/3CH4O3/c3*2-1(3)4/h3*1-4H. The molecule has 0 aliphatic carbocycles. The van der Waals surface area contributed by atoms with Crippen LogP contribution in [-0.2, 0) is 0 Å². The van der Waals surface area contributed by atoms with Crippen molar-refractivity contribution in [3.63, 3.8) is 0 Å². The molecule has 0 aliphatic heterocycles. The molecule has 0 amide bonds. The molecular formula is C3H12O9. The number of rotatable bonds is 0. The quantitative estimate of drug-likeness (QED) is 0.169. The Morgan fingerprint density at radius 2 is 0.333 bits per heavy atom. The molecule has 0 atom stereocenters. The lowest BCUT2D eigenvalue weighted by Gasteiger charge is -1.80. The van der Waals surface area contributed by atoms with Gasteiger partial charge in [0.2, 0.25) is 0 Å². The van der Waals surface area contributed by atoms with E-state index in [9.17, 15) is 0 Å². The molecule has 0 heterocycles. The smallest absolute Gasteiger partial charge is 0.263 e. The molecule has 9 nitrogen and oxygen atoms in total. The van der Waals surface area contributed by atoms with E-state index in [-0.39, 0.29) is 0 Å². The van der Waals surface area contributed by atoms with Gasteiger partial charge in [-0.2, -0.15) is 0 Å². The van der Waals surface area contributed by atoms with Gasteiger partial charge in [0.15, 0.2) is 0 Å². The molecule has 9 N–H and O–H groups in total. The van der Waals surface area contributed by atoms with E-state index < -0.39 is 19.4 Å². The number of hydrogen-bond donors (Lipinski definition) is 9. The Labute approximate surface area is 66.6 Å².